The molecule has 1 amide bonds. The maximum Gasteiger partial charge on any atom is 0.222 e. The average Bonchev–Trinajstić information content (AvgIpc) is 2.44. The molecule has 2 N–H and O–H groups in total. The first-order valence-electron chi connectivity index (χ1n) is 5.81. The summed E-state index contributed by atoms with van der Waals surface area (Å²) in [6.07, 6.45) is 3.41. The smallest absolute Gasteiger partial charge is 0.222 e. The van der Waals surface area contributed by atoms with Crippen LogP contribution in [0.4, 0.5) is 0 Å². The van der Waals surface area contributed by atoms with Crippen LogP contribution in [-0.4, -0.2) is 43.2 Å². The Bertz CT molecular complexity index is 187. The van der Waals surface area contributed by atoms with Gasteiger partial charge in [0.25, 0.3) is 0 Å². The molecule has 1 aliphatic heterocycles. The van der Waals surface area contributed by atoms with Crippen LogP contribution in [0, 0.1) is 0 Å². The van der Waals surface area contributed by atoms with Gasteiger partial charge in [-0.2, -0.15) is 0 Å². The zero-order valence-corrected chi connectivity index (χ0v) is 9.58. The number of nitrogens with two attached hydrogens (primary N) is 1. The van der Waals surface area contributed by atoms with Gasteiger partial charge in [-0.1, -0.05) is 0 Å². The maximum atomic E-state index is 11.8. The van der Waals surface area contributed by atoms with E-state index in [0.29, 0.717) is 13.0 Å². The standard InChI is InChI=1S/C11H22N2O2/c1-10(12)4-2-5-11(14)13-6-3-8-15-9-7-13/h10H,2-9,12H2,1H3. The van der Waals surface area contributed by atoms with Gasteiger partial charge in [-0.15, -0.1) is 0 Å². The van der Waals surface area contributed by atoms with Crippen molar-refractivity contribution in [2.75, 3.05) is 26.3 Å². The van der Waals surface area contributed by atoms with Crippen molar-refractivity contribution in [2.24, 2.45) is 5.73 Å². The Morgan fingerprint density at radius 1 is 1.47 bits per heavy atom. The van der Waals surface area contributed by atoms with E-state index < -0.39 is 0 Å². The molecule has 0 bridgehead atoms. The molecular formula is C11H22N2O2. The molecule has 0 spiro atoms. The first kappa shape index (κ1) is 12.5. The van der Waals surface area contributed by atoms with E-state index >= 15 is 0 Å². The normalized spacial score (nSPS) is 19.7. The van der Waals surface area contributed by atoms with E-state index in [2.05, 4.69) is 0 Å². The van der Waals surface area contributed by atoms with Crippen LogP contribution in [0.1, 0.15) is 32.6 Å². The van der Waals surface area contributed by atoms with E-state index in [1.54, 1.807) is 0 Å². The largest absolute Gasteiger partial charge is 0.380 e. The number of carbonyl (C=O) groups is 1. The number of hydrogen-bond donors (Lipinski definition) is 1. The Kier molecular flexibility index (Phi) is 5.65. The number of rotatable bonds is 4. The van der Waals surface area contributed by atoms with Gasteiger partial charge in [0.2, 0.25) is 5.91 Å². The van der Waals surface area contributed by atoms with Gasteiger partial charge in [-0.05, 0) is 26.2 Å². The number of carbonyl (C=O) groups excluding carboxylic acids is 1. The second-order valence-electron chi connectivity index (χ2n) is 4.22. The van der Waals surface area contributed by atoms with E-state index in [0.717, 1.165) is 39.0 Å². The molecule has 15 heavy (non-hydrogen) atoms. The molecule has 0 aromatic carbocycles. The topological polar surface area (TPSA) is 55.6 Å². The Morgan fingerprint density at radius 2 is 2.27 bits per heavy atom. The fourth-order valence-corrected chi connectivity index (χ4v) is 1.73. The van der Waals surface area contributed by atoms with Crippen LogP contribution in [0.5, 0.6) is 0 Å². The summed E-state index contributed by atoms with van der Waals surface area (Å²) in [4.78, 5) is 13.7. The molecule has 1 aliphatic rings. The summed E-state index contributed by atoms with van der Waals surface area (Å²) in [5, 5.41) is 0. The van der Waals surface area contributed by atoms with Crippen molar-refractivity contribution in [1.82, 2.24) is 4.90 Å². The summed E-state index contributed by atoms with van der Waals surface area (Å²) in [6.45, 7) is 5.03. The SMILES string of the molecule is CC(N)CCCC(=O)N1CCCOCC1. The van der Waals surface area contributed by atoms with Gasteiger partial charge in [-0.3, -0.25) is 4.79 Å². The van der Waals surface area contributed by atoms with Crippen molar-refractivity contribution in [3.05, 3.63) is 0 Å². The summed E-state index contributed by atoms with van der Waals surface area (Å²) in [5.41, 5.74) is 5.64. The second-order valence-corrected chi connectivity index (χ2v) is 4.22. The van der Waals surface area contributed by atoms with Gasteiger partial charge in [0, 0.05) is 32.2 Å². The lowest BCUT2D eigenvalue weighted by molar-refractivity contribution is -0.131. The van der Waals surface area contributed by atoms with E-state index in [1.807, 2.05) is 11.8 Å². The Morgan fingerprint density at radius 3 is 3.00 bits per heavy atom. The Hall–Kier alpha value is -0.610. The van der Waals surface area contributed by atoms with Crippen molar-refractivity contribution >= 4 is 5.91 Å². The predicted octanol–water partition coefficient (Wildman–Crippen LogP) is 0.753. The molecule has 4 nitrogen and oxygen atoms in total. The van der Waals surface area contributed by atoms with Crippen LogP contribution in [0.25, 0.3) is 0 Å². The summed E-state index contributed by atoms with van der Waals surface area (Å²) < 4.78 is 5.30. The van der Waals surface area contributed by atoms with Crippen LogP contribution in [0.2, 0.25) is 0 Å². The fraction of sp³-hybridized carbons (Fsp3) is 0.909. The van der Waals surface area contributed by atoms with Crippen LogP contribution < -0.4 is 5.73 Å². The molecule has 1 atom stereocenters. The molecule has 0 radical (unpaired) electrons. The van der Waals surface area contributed by atoms with Crippen molar-refractivity contribution in [2.45, 2.75) is 38.6 Å². The Balaban J connectivity index is 2.19. The molecule has 0 saturated carbocycles. The third-order valence-electron chi connectivity index (χ3n) is 2.63. The van der Waals surface area contributed by atoms with Gasteiger partial charge in [-0.25, -0.2) is 0 Å². The summed E-state index contributed by atoms with van der Waals surface area (Å²) >= 11 is 0. The van der Waals surface area contributed by atoms with Crippen LogP contribution >= 0.6 is 0 Å². The molecule has 1 heterocycles. The predicted molar refractivity (Wildman–Crippen MR) is 59.5 cm³/mol. The van der Waals surface area contributed by atoms with Gasteiger partial charge in [0.15, 0.2) is 0 Å². The maximum absolute atomic E-state index is 11.8. The monoisotopic (exact) mass is 214 g/mol. The lowest BCUT2D eigenvalue weighted by Gasteiger charge is -2.19. The van der Waals surface area contributed by atoms with Gasteiger partial charge < -0.3 is 15.4 Å². The number of nitrogens with zero attached hydrogens (tertiary/aromatic N) is 1. The van der Waals surface area contributed by atoms with E-state index in [-0.39, 0.29) is 11.9 Å². The summed E-state index contributed by atoms with van der Waals surface area (Å²) in [6, 6.07) is 0.199. The number of hydrogen-bond acceptors (Lipinski definition) is 3. The first-order chi connectivity index (χ1) is 7.20. The molecule has 4 heteroatoms. The minimum Gasteiger partial charge on any atom is -0.380 e. The lowest BCUT2D eigenvalue weighted by atomic mass is 10.1. The highest BCUT2D eigenvalue weighted by atomic mass is 16.5. The van der Waals surface area contributed by atoms with Crippen LogP contribution in [0.3, 0.4) is 0 Å². The van der Waals surface area contributed by atoms with Gasteiger partial charge in [0.1, 0.15) is 0 Å². The van der Waals surface area contributed by atoms with Crippen molar-refractivity contribution in [1.29, 1.82) is 0 Å². The lowest BCUT2D eigenvalue weighted by Crippen LogP contribution is -2.33. The average molecular weight is 214 g/mol. The van der Waals surface area contributed by atoms with Crippen molar-refractivity contribution in [3.63, 3.8) is 0 Å². The van der Waals surface area contributed by atoms with E-state index in [1.165, 1.54) is 0 Å². The minimum absolute atomic E-state index is 0.199. The zero-order chi connectivity index (χ0) is 11.1. The summed E-state index contributed by atoms with van der Waals surface area (Å²) in [7, 11) is 0. The molecule has 1 saturated heterocycles. The van der Waals surface area contributed by atoms with Crippen LogP contribution in [-0.2, 0) is 9.53 Å². The molecule has 0 aromatic rings. The highest BCUT2D eigenvalue weighted by Crippen LogP contribution is 2.05. The van der Waals surface area contributed by atoms with Crippen LogP contribution in [0.15, 0.2) is 0 Å². The fourth-order valence-electron chi connectivity index (χ4n) is 1.73. The van der Waals surface area contributed by atoms with E-state index in [4.69, 9.17) is 10.5 Å². The zero-order valence-electron chi connectivity index (χ0n) is 9.58. The molecule has 1 fully saturated rings. The highest BCUT2D eigenvalue weighted by molar-refractivity contribution is 5.76. The molecule has 0 aromatic heterocycles. The van der Waals surface area contributed by atoms with Gasteiger partial charge >= 0.3 is 0 Å². The van der Waals surface area contributed by atoms with Crippen molar-refractivity contribution in [3.8, 4) is 0 Å². The van der Waals surface area contributed by atoms with Gasteiger partial charge in [0.05, 0.1) is 6.61 Å². The second kappa shape index (κ2) is 6.80. The third kappa shape index (κ3) is 5.14. The first-order valence-corrected chi connectivity index (χ1v) is 5.81. The molecule has 1 unspecified atom stereocenters. The highest BCUT2D eigenvalue weighted by Gasteiger charge is 2.14. The van der Waals surface area contributed by atoms with E-state index in [9.17, 15) is 4.79 Å². The molecule has 0 aliphatic carbocycles. The third-order valence-corrected chi connectivity index (χ3v) is 2.63. The quantitative estimate of drug-likeness (QED) is 0.751. The molecular weight excluding hydrogens is 192 g/mol. The minimum atomic E-state index is 0.199. The molecule has 88 valence electrons. The Labute approximate surface area is 91.8 Å². The van der Waals surface area contributed by atoms with Crippen molar-refractivity contribution < 1.29 is 9.53 Å². The molecule has 1 rings (SSSR count). The number of ether oxygens (including phenoxy) is 1. The number of amides is 1. The summed E-state index contributed by atoms with van der Waals surface area (Å²) in [5.74, 6) is 0.251.